The summed E-state index contributed by atoms with van der Waals surface area (Å²) in [5.74, 6) is 0.978. The lowest BCUT2D eigenvalue weighted by Crippen LogP contribution is -2.19. The highest BCUT2D eigenvalue weighted by Crippen LogP contribution is 2.47. The van der Waals surface area contributed by atoms with E-state index in [9.17, 15) is 0 Å². The van der Waals surface area contributed by atoms with Crippen molar-refractivity contribution in [1.82, 2.24) is 0 Å². The Kier molecular flexibility index (Phi) is 1.38. The van der Waals surface area contributed by atoms with Crippen molar-refractivity contribution in [1.29, 1.82) is 0 Å². The van der Waals surface area contributed by atoms with Gasteiger partial charge < -0.3 is 10.2 Å². The molecule has 2 aromatic rings. The van der Waals surface area contributed by atoms with Crippen molar-refractivity contribution in [3.8, 4) is 0 Å². The number of nitrogens with two attached hydrogens (primary N) is 1. The minimum absolute atomic E-state index is 0.101. The van der Waals surface area contributed by atoms with E-state index in [1.807, 2.05) is 25.1 Å². The van der Waals surface area contributed by atoms with Gasteiger partial charge in [-0.2, -0.15) is 0 Å². The summed E-state index contributed by atoms with van der Waals surface area (Å²) in [6.07, 6.45) is 2.16. The van der Waals surface area contributed by atoms with Crippen molar-refractivity contribution in [3.63, 3.8) is 0 Å². The molecule has 1 aliphatic carbocycles. The molecular weight excluding hydrogens is 174 g/mol. The maximum absolute atomic E-state index is 6.22. The van der Waals surface area contributed by atoms with Crippen LogP contribution < -0.4 is 5.73 Å². The third kappa shape index (κ3) is 0.946. The third-order valence-electron chi connectivity index (χ3n) is 3.06. The van der Waals surface area contributed by atoms with Crippen LogP contribution in [0.3, 0.4) is 0 Å². The molecule has 2 nitrogen and oxygen atoms in total. The molecule has 0 amide bonds. The van der Waals surface area contributed by atoms with Crippen LogP contribution in [0.1, 0.15) is 24.2 Å². The first kappa shape index (κ1) is 8.06. The average molecular weight is 187 g/mol. The molecule has 0 radical (unpaired) electrons. The first-order valence-electron chi connectivity index (χ1n) is 4.98. The van der Waals surface area contributed by atoms with Crippen LogP contribution in [-0.4, -0.2) is 0 Å². The van der Waals surface area contributed by atoms with Gasteiger partial charge in [-0.1, -0.05) is 18.2 Å². The molecule has 2 heteroatoms. The Balaban J connectivity index is 2.36. The summed E-state index contributed by atoms with van der Waals surface area (Å²) >= 11 is 0. The molecule has 1 saturated carbocycles. The highest BCUT2D eigenvalue weighted by Gasteiger charge is 2.43. The van der Waals surface area contributed by atoms with E-state index < -0.39 is 0 Å². The van der Waals surface area contributed by atoms with Gasteiger partial charge in [0.25, 0.3) is 0 Å². The van der Waals surface area contributed by atoms with Gasteiger partial charge >= 0.3 is 0 Å². The molecule has 72 valence electrons. The van der Waals surface area contributed by atoms with E-state index in [-0.39, 0.29) is 5.54 Å². The Morgan fingerprint density at radius 3 is 2.71 bits per heavy atom. The summed E-state index contributed by atoms with van der Waals surface area (Å²) in [6, 6.07) is 8.11. The SMILES string of the molecule is Cc1oc2ccccc2c1C1(N)CC1. The molecule has 0 unspecified atom stereocenters. The van der Waals surface area contributed by atoms with E-state index >= 15 is 0 Å². The van der Waals surface area contributed by atoms with E-state index in [0.717, 1.165) is 24.2 Å². The predicted molar refractivity (Wildman–Crippen MR) is 56.1 cm³/mol. The van der Waals surface area contributed by atoms with E-state index in [1.165, 1.54) is 10.9 Å². The highest BCUT2D eigenvalue weighted by atomic mass is 16.3. The largest absolute Gasteiger partial charge is 0.461 e. The fourth-order valence-electron chi connectivity index (χ4n) is 2.17. The quantitative estimate of drug-likeness (QED) is 0.745. The van der Waals surface area contributed by atoms with Crippen LogP contribution in [-0.2, 0) is 5.54 Å². The average Bonchev–Trinajstić information content (AvgIpc) is 2.79. The summed E-state index contributed by atoms with van der Waals surface area (Å²) in [7, 11) is 0. The minimum atomic E-state index is -0.101. The molecular formula is C12H13NO. The molecule has 1 fully saturated rings. The second-order valence-electron chi connectivity index (χ2n) is 4.19. The van der Waals surface area contributed by atoms with E-state index in [2.05, 4.69) is 6.07 Å². The van der Waals surface area contributed by atoms with Gasteiger partial charge in [-0.05, 0) is 25.8 Å². The van der Waals surface area contributed by atoms with E-state index in [0.29, 0.717) is 0 Å². The highest BCUT2D eigenvalue weighted by molar-refractivity contribution is 5.83. The number of hydrogen-bond acceptors (Lipinski definition) is 2. The fraction of sp³-hybridized carbons (Fsp3) is 0.333. The zero-order valence-electron chi connectivity index (χ0n) is 8.21. The van der Waals surface area contributed by atoms with Gasteiger partial charge in [0.05, 0.1) is 0 Å². The molecule has 0 saturated heterocycles. The monoisotopic (exact) mass is 187 g/mol. The van der Waals surface area contributed by atoms with Crippen LogP contribution in [0.25, 0.3) is 11.0 Å². The normalized spacial score (nSPS) is 18.7. The van der Waals surface area contributed by atoms with Crippen LogP contribution in [0.2, 0.25) is 0 Å². The zero-order valence-corrected chi connectivity index (χ0v) is 8.21. The van der Waals surface area contributed by atoms with Crippen LogP contribution in [0.15, 0.2) is 28.7 Å². The third-order valence-corrected chi connectivity index (χ3v) is 3.06. The molecule has 0 spiro atoms. The summed E-state index contributed by atoms with van der Waals surface area (Å²) in [5.41, 5.74) is 8.29. The molecule has 0 aliphatic heterocycles. The van der Waals surface area contributed by atoms with Crippen molar-refractivity contribution in [2.24, 2.45) is 5.73 Å². The standard InChI is InChI=1S/C12H13NO/c1-8-11(12(13)6-7-12)9-4-2-3-5-10(9)14-8/h2-5H,6-7,13H2,1H3. The van der Waals surface area contributed by atoms with Crippen molar-refractivity contribution in [2.45, 2.75) is 25.3 Å². The number of rotatable bonds is 1. The molecule has 14 heavy (non-hydrogen) atoms. The van der Waals surface area contributed by atoms with Crippen molar-refractivity contribution in [3.05, 3.63) is 35.6 Å². The van der Waals surface area contributed by atoms with Gasteiger partial charge in [-0.15, -0.1) is 0 Å². The smallest absolute Gasteiger partial charge is 0.134 e. The molecule has 1 aromatic heterocycles. The second-order valence-corrected chi connectivity index (χ2v) is 4.19. The second kappa shape index (κ2) is 2.39. The number of aryl methyl sites for hydroxylation is 1. The summed E-state index contributed by atoms with van der Waals surface area (Å²) in [5, 5.41) is 1.19. The summed E-state index contributed by atoms with van der Waals surface area (Å²) in [6.45, 7) is 2.00. The maximum atomic E-state index is 6.22. The number of hydrogen-bond donors (Lipinski definition) is 1. The van der Waals surface area contributed by atoms with Crippen molar-refractivity contribution in [2.75, 3.05) is 0 Å². The Morgan fingerprint density at radius 1 is 1.29 bits per heavy atom. The first-order valence-corrected chi connectivity index (χ1v) is 4.98. The minimum Gasteiger partial charge on any atom is -0.461 e. The van der Waals surface area contributed by atoms with Crippen LogP contribution in [0.4, 0.5) is 0 Å². The molecule has 0 atom stereocenters. The number of benzene rings is 1. The Hall–Kier alpha value is -1.28. The fourth-order valence-corrected chi connectivity index (χ4v) is 2.17. The lowest BCUT2D eigenvalue weighted by Gasteiger charge is -2.06. The van der Waals surface area contributed by atoms with Gasteiger partial charge in [0, 0.05) is 16.5 Å². The lowest BCUT2D eigenvalue weighted by molar-refractivity contribution is 0.560. The molecule has 3 rings (SSSR count). The van der Waals surface area contributed by atoms with Crippen molar-refractivity contribution < 1.29 is 4.42 Å². The summed E-state index contributed by atoms with van der Waals surface area (Å²) < 4.78 is 5.69. The molecule has 1 heterocycles. The predicted octanol–water partition coefficient (Wildman–Crippen LogP) is 2.69. The van der Waals surface area contributed by atoms with E-state index in [4.69, 9.17) is 10.2 Å². The molecule has 1 aliphatic rings. The Morgan fingerprint density at radius 2 is 2.00 bits per heavy atom. The van der Waals surface area contributed by atoms with Crippen LogP contribution >= 0.6 is 0 Å². The Bertz CT molecular complexity index is 494. The number of furan rings is 1. The maximum Gasteiger partial charge on any atom is 0.134 e. The topological polar surface area (TPSA) is 39.2 Å². The van der Waals surface area contributed by atoms with Crippen LogP contribution in [0.5, 0.6) is 0 Å². The van der Waals surface area contributed by atoms with Crippen LogP contribution in [0, 0.1) is 6.92 Å². The summed E-state index contributed by atoms with van der Waals surface area (Å²) in [4.78, 5) is 0. The van der Waals surface area contributed by atoms with Gasteiger partial charge in [0.15, 0.2) is 0 Å². The number of fused-ring (bicyclic) bond motifs is 1. The van der Waals surface area contributed by atoms with E-state index in [1.54, 1.807) is 0 Å². The van der Waals surface area contributed by atoms with Gasteiger partial charge in [-0.3, -0.25) is 0 Å². The first-order chi connectivity index (χ1) is 6.71. The lowest BCUT2D eigenvalue weighted by atomic mass is 10.0. The van der Waals surface area contributed by atoms with Gasteiger partial charge in [0.2, 0.25) is 0 Å². The van der Waals surface area contributed by atoms with Gasteiger partial charge in [-0.25, -0.2) is 0 Å². The van der Waals surface area contributed by atoms with Crippen molar-refractivity contribution >= 4 is 11.0 Å². The molecule has 0 bridgehead atoms. The van der Waals surface area contributed by atoms with Gasteiger partial charge in [0.1, 0.15) is 11.3 Å². The number of para-hydroxylation sites is 1. The molecule has 2 N–H and O–H groups in total. The zero-order chi connectivity index (χ0) is 9.76. The Labute approximate surface area is 82.7 Å². The molecule has 1 aromatic carbocycles.